The fraction of sp³-hybridized carbons (Fsp3) is 0.571. The Labute approximate surface area is 122 Å². The molecule has 1 aromatic rings. The van der Waals surface area contributed by atoms with Gasteiger partial charge in [-0.3, -0.25) is 0 Å². The van der Waals surface area contributed by atoms with E-state index in [1.165, 1.54) is 47.3 Å². The van der Waals surface area contributed by atoms with Gasteiger partial charge in [-0.2, -0.15) is 13.2 Å². The molecule has 0 fully saturated rings. The second-order valence-electron chi connectivity index (χ2n) is 5.12. The van der Waals surface area contributed by atoms with E-state index < -0.39 is 17.6 Å². The summed E-state index contributed by atoms with van der Waals surface area (Å²) in [5, 5.41) is 0. The molecule has 1 aromatic carbocycles. The molecule has 1 atom stereocenters. The van der Waals surface area contributed by atoms with Crippen molar-refractivity contribution in [3.05, 3.63) is 17.7 Å². The number of alkyl halides is 3. The molecule has 0 saturated carbocycles. The van der Waals surface area contributed by atoms with E-state index in [9.17, 15) is 13.2 Å². The monoisotopic (exact) mass is 307 g/mol. The first kappa shape index (κ1) is 17.4. The quantitative estimate of drug-likeness (QED) is 0.909. The van der Waals surface area contributed by atoms with Crippen LogP contribution in [0.3, 0.4) is 0 Å². The van der Waals surface area contributed by atoms with Crippen LogP contribution in [-0.2, 0) is 5.41 Å². The van der Waals surface area contributed by atoms with Crippen LogP contribution in [0, 0.1) is 0 Å². The summed E-state index contributed by atoms with van der Waals surface area (Å²) >= 11 is 0. The van der Waals surface area contributed by atoms with Gasteiger partial charge in [0.1, 0.15) is 6.04 Å². The summed E-state index contributed by atoms with van der Waals surface area (Å²) in [5.74, 6) is 0.788. The van der Waals surface area contributed by atoms with Crippen LogP contribution < -0.4 is 19.9 Å². The van der Waals surface area contributed by atoms with Crippen molar-refractivity contribution in [2.24, 2.45) is 5.73 Å². The molecule has 7 heteroatoms. The van der Waals surface area contributed by atoms with Crippen LogP contribution in [0.2, 0.25) is 0 Å². The smallest absolute Gasteiger partial charge is 0.404 e. The van der Waals surface area contributed by atoms with Gasteiger partial charge in [-0.15, -0.1) is 0 Å². The van der Waals surface area contributed by atoms with Crippen molar-refractivity contribution in [1.29, 1.82) is 0 Å². The Morgan fingerprint density at radius 1 is 0.952 bits per heavy atom. The highest BCUT2D eigenvalue weighted by molar-refractivity contribution is 5.58. The predicted molar refractivity (Wildman–Crippen MR) is 73.2 cm³/mol. The molecular formula is C14H20F3NO3. The van der Waals surface area contributed by atoms with Gasteiger partial charge in [0.2, 0.25) is 5.75 Å². The number of benzene rings is 1. The molecule has 0 amide bonds. The van der Waals surface area contributed by atoms with Crippen LogP contribution in [0.25, 0.3) is 0 Å². The fourth-order valence-electron chi connectivity index (χ4n) is 2.19. The zero-order valence-corrected chi connectivity index (χ0v) is 12.7. The molecule has 0 aliphatic rings. The van der Waals surface area contributed by atoms with Gasteiger partial charge in [-0.05, 0) is 6.07 Å². The standard InChI is InChI=1S/C14H20F3NO3/c1-13(2,12(18)14(15,16)17)8-6-7-9(19-3)11(21-5)10(8)20-4/h6-7,12H,18H2,1-5H3. The highest BCUT2D eigenvalue weighted by Gasteiger charge is 2.48. The summed E-state index contributed by atoms with van der Waals surface area (Å²) in [6, 6.07) is 0.991. The van der Waals surface area contributed by atoms with Gasteiger partial charge in [0.25, 0.3) is 0 Å². The van der Waals surface area contributed by atoms with E-state index in [0.29, 0.717) is 11.3 Å². The van der Waals surface area contributed by atoms with E-state index in [2.05, 4.69) is 0 Å². The number of halogens is 3. The first-order valence-corrected chi connectivity index (χ1v) is 6.23. The maximum atomic E-state index is 13.0. The Balaban J connectivity index is 3.49. The SMILES string of the molecule is COc1ccc(C(C)(C)C(N)C(F)(F)F)c(OC)c1OC. The van der Waals surface area contributed by atoms with E-state index in [-0.39, 0.29) is 11.5 Å². The van der Waals surface area contributed by atoms with Gasteiger partial charge in [0.15, 0.2) is 11.5 Å². The third-order valence-corrected chi connectivity index (χ3v) is 3.53. The summed E-state index contributed by atoms with van der Waals surface area (Å²) in [6.07, 6.45) is -4.53. The first-order valence-electron chi connectivity index (χ1n) is 6.23. The van der Waals surface area contributed by atoms with E-state index in [1.807, 2.05) is 0 Å². The third kappa shape index (κ3) is 3.18. The third-order valence-electron chi connectivity index (χ3n) is 3.53. The lowest BCUT2D eigenvalue weighted by atomic mass is 9.77. The second-order valence-corrected chi connectivity index (χ2v) is 5.12. The molecule has 1 rings (SSSR count). The molecule has 0 heterocycles. The Bertz CT molecular complexity index is 501. The summed E-state index contributed by atoms with van der Waals surface area (Å²) in [6.45, 7) is 2.82. The van der Waals surface area contributed by atoms with E-state index in [0.717, 1.165) is 0 Å². The Morgan fingerprint density at radius 2 is 1.48 bits per heavy atom. The minimum absolute atomic E-state index is 0.182. The molecule has 4 nitrogen and oxygen atoms in total. The summed E-state index contributed by atoms with van der Waals surface area (Å²) in [7, 11) is 4.18. The van der Waals surface area contributed by atoms with Crippen LogP contribution in [0.5, 0.6) is 17.2 Å². The molecule has 0 bridgehead atoms. The van der Waals surface area contributed by atoms with Crippen molar-refractivity contribution in [1.82, 2.24) is 0 Å². The highest BCUT2D eigenvalue weighted by Crippen LogP contribution is 2.46. The molecule has 0 aliphatic carbocycles. The Kier molecular flexibility index (Phi) is 4.99. The highest BCUT2D eigenvalue weighted by atomic mass is 19.4. The average molecular weight is 307 g/mol. The van der Waals surface area contributed by atoms with Crippen molar-refractivity contribution in [2.75, 3.05) is 21.3 Å². The number of methoxy groups -OCH3 is 3. The van der Waals surface area contributed by atoms with E-state index in [4.69, 9.17) is 19.9 Å². The lowest BCUT2D eigenvalue weighted by Gasteiger charge is -2.34. The number of rotatable bonds is 5. The normalized spacial score (nSPS) is 13.8. The van der Waals surface area contributed by atoms with E-state index >= 15 is 0 Å². The minimum atomic E-state index is -4.53. The van der Waals surface area contributed by atoms with Crippen LogP contribution in [0.1, 0.15) is 19.4 Å². The van der Waals surface area contributed by atoms with Gasteiger partial charge in [-0.1, -0.05) is 19.9 Å². The second kappa shape index (κ2) is 6.01. The van der Waals surface area contributed by atoms with Gasteiger partial charge >= 0.3 is 6.18 Å². The molecule has 0 saturated heterocycles. The molecule has 1 unspecified atom stereocenters. The molecule has 0 aromatic heterocycles. The largest absolute Gasteiger partial charge is 0.493 e. The lowest BCUT2D eigenvalue weighted by molar-refractivity contribution is -0.160. The molecular weight excluding hydrogens is 287 g/mol. The summed E-state index contributed by atoms with van der Waals surface area (Å²) < 4.78 is 54.5. The molecule has 0 aliphatic heterocycles. The van der Waals surface area contributed by atoms with Crippen LogP contribution in [0.15, 0.2) is 12.1 Å². The van der Waals surface area contributed by atoms with Crippen LogP contribution in [-0.4, -0.2) is 33.5 Å². The summed E-state index contributed by atoms with van der Waals surface area (Å²) in [5.41, 5.74) is 4.29. The van der Waals surface area contributed by atoms with Gasteiger partial charge in [0.05, 0.1) is 21.3 Å². The Hall–Kier alpha value is -1.63. The van der Waals surface area contributed by atoms with Crippen LogP contribution >= 0.6 is 0 Å². The van der Waals surface area contributed by atoms with Crippen molar-refractivity contribution >= 4 is 0 Å². The minimum Gasteiger partial charge on any atom is -0.493 e. The molecule has 21 heavy (non-hydrogen) atoms. The number of hydrogen-bond donors (Lipinski definition) is 1. The molecule has 0 spiro atoms. The zero-order chi connectivity index (χ0) is 16.4. The van der Waals surface area contributed by atoms with Crippen molar-refractivity contribution in [2.45, 2.75) is 31.5 Å². The lowest BCUT2D eigenvalue weighted by Crippen LogP contribution is -2.51. The van der Waals surface area contributed by atoms with Crippen molar-refractivity contribution < 1.29 is 27.4 Å². The molecule has 2 N–H and O–H groups in total. The van der Waals surface area contributed by atoms with Crippen LogP contribution in [0.4, 0.5) is 13.2 Å². The van der Waals surface area contributed by atoms with E-state index in [1.54, 1.807) is 0 Å². The number of ether oxygens (including phenoxy) is 3. The summed E-state index contributed by atoms with van der Waals surface area (Å²) in [4.78, 5) is 0. The van der Waals surface area contributed by atoms with Crippen molar-refractivity contribution in [3.63, 3.8) is 0 Å². The Morgan fingerprint density at radius 3 is 1.86 bits per heavy atom. The molecule has 120 valence electrons. The number of hydrogen-bond acceptors (Lipinski definition) is 4. The van der Waals surface area contributed by atoms with Gasteiger partial charge < -0.3 is 19.9 Å². The first-order chi connectivity index (χ1) is 9.61. The maximum Gasteiger partial charge on any atom is 0.404 e. The molecule has 0 radical (unpaired) electrons. The van der Waals surface area contributed by atoms with Crippen molar-refractivity contribution in [3.8, 4) is 17.2 Å². The maximum absolute atomic E-state index is 13.0. The van der Waals surface area contributed by atoms with Gasteiger partial charge in [0, 0.05) is 11.0 Å². The predicted octanol–water partition coefficient (Wildman–Crippen LogP) is 2.88. The van der Waals surface area contributed by atoms with Gasteiger partial charge in [-0.25, -0.2) is 0 Å². The fourth-order valence-corrected chi connectivity index (χ4v) is 2.19. The average Bonchev–Trinajstić information content (AvgIpc) is 2.43. The zero-order valence-electron chi connectivity index (χ0n) is 12.7. The number of nitrogens with two attached hydrogens (primary N) is 1. The topological polar surface area (TPSA) is 53.7 Å².